The van der Waals surface area contributed by atoms with E-state index in [4.69, 9.17) is 18.9 Å². The molecule has 1 heterocycles. The number of alkyl halides is 1. The lowest BCUT2D eigenvalue weighted by Gasteiger charge is -2.44. The summed E-state index contributed by atoms with van der Waals surface area (Å²) < 4.78 is 54.5. The number of halogens is 1. The topological polar surface area (TPSA) is 126 Å². The first-order valence-corrected chi connectivity index (χ1v) is 17.0. The van der Waals surface area contributed by atoms with Crippen molar-refractivity contribution in [2.75, 3.05) is 6.61 Å². The molecule has 1 aliphatic heterocycles. The van der Waals surface area contributed by atoms with Crippen LogP contribution in [0.3, 0.4) is 0 Å². The molecule has 45 heavy (non-hydrogen) atoms. The Morgan fingerprint density at radius 1 is 0.733 bits per heavy atom. The van der Waals surface area contributed by atoms with E-state index in [0.29, 0.717) is 6.61 Å². The monoisotopic (exact) mass is 744 g/mol. The first-order chi connectivity index (χ1) is 21.8. The minimum Gasteiger partial charge on any atom is -0.374 e. The summed E-state index contributed by atoms with van der Waals surface area (Å²) in [5.41, 5.74) is 2.69. The van der Waals surface area contributed by atoms with Gasteiger partial charge in [0.2, 0.25) is 10.0 Å². The lowest BCUT2D eigenvalue weighted by molar-refractivity contribution is -0.384. The van der Waals surface area contributed by atoms with Crippen molar-refractivity contribution < 1.29 is 32.3 Å². The molecule has 1 N–H and O–H groups in total. The molecular formula is C33H33IN2O8S. The van der Waals surface area contributed by atoms with Gasteiger partial charge in [-0.3, -0.25) is 10.1 Å². The van der Waals surface area contributed by atoms with Crippen molar-refractivity contribution in [1.82, 2.24) is 4.72 Å². The molecule has 0 saturated carbocycles. The second kappa shape index (κ2) is 15.9. The lowest BCUT2D eigenvalue weighted by Crippen LogP contribution is -2.62. The Morgan fingerprint density at radius 2 is 1.22 bits per heavy atom. The van der Waals surface area contributed by atoms with Crippen LogP contribution in [0.15, 0.2) is 120 Å². The molecule has 0 spiro atoms. The molecule has 0 aliphatic carbocycles. The molecule has 1 aliphatic rings. The predicted octanol–water partition coefficient (Wildman–Crippen LogP) is 5.79. The van der Waals surface area contributed by atoms with E-state index < -0.39 is 43.4 Å². The average Bonchev–Trinajstić information content (AvgIpc) is 3.06. The number of nitrogens with zero attached hydrogens (tertiary/aromatic N) is 1. The minimum absolute atomic E-state index is 0.110. The lowest BCUT2D eigenvalue weighted by atomic mass is 10.00. The molecule has 0 bridgehead atoms. The molecule has 236 valence electrons. The van der Waals surface area contributed by atoms with Gasteiger partial charge in [-0.1, -0.05) is 114 Å². The summed E-state index contributed by atoms with van der Waals surface area (Å²) in [6.45, 7) is 1.00. The van der Waals surface area contributed by atoms with Crippen LogP contribution in [0.5, 0.6) is 0 Å². The highest BCUT2D eigenvalue weighted by Crippen LogP contribution is 2.33. The first-order valence-electron chi connectivity index (χ1n) is 14.3. The van der Waals surface area contributed by atoms with Gasteiger partial charge in [-0.15, -0.1) is 0 Å². The zero-order valence-corrected chi connectivity index (χ0v) is 27.2. The van der Waals surface area contributed by atoms with Gasteiger partial charge in [0.25, 0.3) is 5.69 Å². The van der Waals surface area contributed by atoms with Crippen LogP contribution in [-0.2, 0) is 48.8 Å². The largest absolute Gasteiger partial charge is 0.374 e. The molecule has 12 heteroatoms. The summed E-state index contributed by atoms with van der Waals surface area (Å²) >= 11 is 2.14. The summed E-state index contributed by atoms with van der Waals surface area (Å²) in [7, 11) is -4.13. The normalized spacial score (nSPS) is 21.8. The predicted molar refractivity (Wildman–Crippen MR) is 176 cm³/mol. The smallest absolute Gasteiger partial charge is 0.269 e. The van der Waals surface area contributed by atoms with Crippen LogP contribution in [0.4, 0.5) is 5.69 Å². The fourth-order valence-corrected chi connectivity index (χ4v) is 7.24. The fourth-order valence-electron chi connectivity index (χ4n) is 4.89. The van der Waals surface area contributed by atoms with E-state index in [1.807, 2.05) is 91.0 Å². The number of nitrogens with one attached hydrogen (secondary N) is 1. The van der Waals surface area contributed by atoms with Crippen molar-refractivity contribution in [3.8, 4) is 0 Å². The summed E-state index contributed by atoms with van der Waals surface area (Å²) in [6, 6.07) is 33.8. The van der Waals surface area contributed by atoms with Gasteiger partial charge in [-0.05, 0) is 28.8 Å². The quantitative estimate of drug-likeness (QED) is 0.0745. The summed E-state index contributed by atoms with van der Waals surface area (Å²) in [6.07, 6.45) is -2.92. The van der Waals surface area contributed by atoms with Gasteiger partial charge in [0.05, 0.1) is 40.2 Å². The summed E-state index contributed by atoms with van der Waals surface area (Å²) in [5.74, 6) is 0. The first kappa shape index (κ1) is 33.1. The molecule has 5 atom stereocenters. The fraction of sp³-hybridized carbons (Fsp3) is 0.273. The van der Waals surface area contributed by atoms with Gasteiger partial charge in [-0.2, -0.15) is 4.72 Å². The van der Waals surface area contributed by atoms with Gasteiger partial charge >= 0.3 is 0 Å². The number of non-ortho nitro benzene ring substituents is 1. The van der Waals surface area contributed by atoms with Crippen molar-refractivity contribution >= 4 is 38.3 Å². The molecule has 5 rings (SSSR count). The van der Waals surface area contributed by atoms with Crippen LogP contribution in [-0.4, -0.2) is 48.4 Å². The maximum Gasteiger partial charge on any atom is 0.269 e. The van der Waals surface area contributed by atoms with Crippen LogP contribution in [0, 0.1) is 10.1 Å². The van der Waals surface area contributed by atoms with Crippen LogP contribution in [0.1, 0.15) is 16.7 Å². The number of nitro benzene ring substituents is 1. The molecule has 0 unspecified atom stereocenters. The summed E-state index contributed by atoms with van der Waals surface area (Å²) in [4.78, 5) is 10.4. The molecule has 10 nitrogen and oxygen atoms in total. The number of hydrogen-bond donors (Lipinski definition) is 1. The molecule has 4 aromatic carbocycles. The Morgan fingerprint density at radius 3 is 1.73 bits per heavy atom. The number of benzene rings is 4. The highest BCUT2D eigenvalue weighted by molar-refractivity contribution is 14.1. The molecular weight excluding hydrogens is 711 g/mol. The van der Waals surface area contributed by atoms with E-state index in [9.17, 15) is 18.5 Å². The number of ether oxygens (including phenoxy) is 4. The maximum atomic E-state index is 13.4. The van der Waals surface area contributed by atoms with Crippen molar-refractivity contribution in [3.63, 3.8) is 0 Å². The van der Waals surface area contributed by atoms with Gasteiger partial charge in [0, 0.05) is 12.1 Å². The highest BCUT2D eigenvalue weighted by Gasteiger charge is 2.47. The van der Waals surface area contributed by atoms with E-state index in [0.717, 1.165) is 28.8 Å². The highest BCUT2D eigenvalue weighted by atomic mass is 127. The second-order valence-corrected chi connectivity index (χ2v) is 13.6. The summed E-state index contributed by atoms with van der Waals surface area (Å²) in [5, 5.41) is 11.1. The zero-order valence-electron chi connectivity index (χ0n) is 24.2. The van der Waals surface area contributed by atoms with E-state index in [1.54, 1.807) is 0 Å². The molecule has 1 fully saturated rings. The van der Waals surface area contributed by atoms with E-state index >= 15 is 0 Å². The van der Waals surface area contributed by atoms with Gasteiger partial charge in [0.15, 0.2) is 0 Å². The maximum absolute atomic E-state index is 13.4. The van der Waals surface area contributed by atoms with Crippen molar-refractivity contribution in [3.05, 3.63) is 142 Å². The van der Waals surface area contributed by atoms with Crippen LogP contribution >= 0.6 is 22.6 Å². The Labute approximate surface area is 276 Å². The SMILES string of the molecule is O=[N+]([O-])c1ccc(S(=O)(=O)N[C@@H]2O[C@H](COCc3ccccc3)[C@@H](OCc3ccccc3)[C@H](OCc3ccccc3)[C@@H]2I)cc1. The standard InChI is InChI=1S/C33H33IN2O8S/c34-30-32(43-22-26-14-8-3-9-15-26)31(42-21-25-12-6-2-7-13-25)29(23-41-20-24-10-4-1-5-11-24)44-33(30)35-45(39,40)28-18-16-27(17-19-28)36(37)38/h1-19,29-33,35H,20-23H2/t29-,30+,31-,32-,33-/m1/s1. The third-order valence-electron chi connectivity index (χ3n) is 7.21. The van der Waals surface area contributed by atoms with E-state index in [1.165, 1.54) is 12.1 Å². The van der Waals surface area contributed by atoms with Crippen LogP contribution in [0.25, 0.3) is 0 Å². The Bertz CT molecular complexity index is 1610. The number of nitro groups is 1. The van der Waals surface area contributed by atoms with Gasteiger partial charge in [-0.25, -0.2) is 8.42 Å². The third-order valence-corrected chi connectivity index (χ3v) is 10.0. The van der Waals surface area contributed by atoms with E-state index in [2.05, 4.69) is 27.3 Å². The van der Waals surface area contributed by atoms with Crippen molar-refractivity contribution in [2.24, 2.45) is 0 Å². The Kier molecular flexibility index (Phi) is 11.7. The van der Waals surface area contributed by atoms with E-state index in [-0.39, 0.29) is 30.4 Å². The zero-order chi connectivity index (χ0) is 31.6. The third kappa shape index (κ3) is 9.16. The molecule has 4 aromatic rings. The molecule has 0 aromatic heterocycles. The van der Waals surface area contributed by atoms with Gasteiger partial charge in [0.1, 0.15) is 24.5 Å². The average molecular weight is 745 g/mol. The Hall–Kier alpha value is -3.24. The Balaban J connectivity index is 1.40. The molecule has 0 radical (unpaired) electrons. The minimum atomic E-state index is -4.13. The number of rotatable bonds is 14. The number of sulfonamides is 1. The van der Waals surface area contributed by atoms with Gasteiger partial charge < -0.3 is 18.9 Å². The van der Waals surface area contributed by atoms with Crippen molar-refractivity contribution in [2.45, 2.75) is 53.2 Å². The second-order valence-electron chi connectivity index (χ2n) is 10.4. The molecule has 1 saturated heterocycles. The number of hydrogen-bond acceptors (Lipinski definition) is 8. The van der Waals surface area contributed by atoms with Crippen molar-refractivity contribution in [1.29, 1.82) is 0 Å². The molecule has 0 amide bonds. The van der Waals surface area contributed by atoms with Crippen LogP contribution in [0.2, 0.25) is 0 Å². The van der Waals surface area contributed by atoms with Crippen LogP contribution < -0.4 is 4.72 Å².